The van der Waals surface area contributed by atoms with Gasteiger partial charge in [0.15, 0.2) is 0 Å². The van der Waals surface area contributed by atoms with E-state index in [1.54, 1.807) is 0 Å². The number of carboxylic acids is 1. The first kappa shape index (κ1) is 17.7. The summed E-state index contributed by atoms with van der Waals surface area (Å²) in [6.45, 7) is 10.6. The van der Waals surface area contributed by atoms with Crippen LogP contribution in [0.25, 0.3) is 0 Å². The molecule has 0 bridgehead atoms. The summed E-state index contributed by atoms with van der Waals surface area (Å²) in [4.78, 5) is 10.5. The molecule has 21 heavy (non-hydrogen) atoms. The second-order valence-corrected chi connectivity index (χ2v) is 6.95. The van der Waals surface area contributed by atoms with E-state index in [-0.39, 0.29) is 11.8 Å². The van der Waals surface area contributed by atoms with Crippen LogP contribution in [0.1, 0.15) is 58.1 Å². The summed E-state index contributed by atoms with van der Waals surface area (Å²) in [7, 11) is 0. The lowest BCUT2D eigenvalue weighted by atomic mass is 9.87. The van der Waals surface area contributed by atoms with Crippen LogP contribution in [0.4, 0.5) is 0 Å². The molecular weight excluding hydrogens is 262 g/mol. The molecule has 0 saturated heterocycles. The number of carbonyl (C=O) groups is 1. The van der Waals surface area contributed by atoms with E-state index in [0.717, 1.165) is 25.9 Å². The molecule has 1 aromatic rings. The zero-order chi connectivity index (χ0) is 15.9. The van der Waals surface area contributed by atoms with Crippen molar-refractivity contribution < 1.29 is 9.90 Å². The maximum atomic E-state index is 10.5. The molecule has 2 N–H and O–H groups in total. The van der Waals surface area contributed by atoms with Gasteiger partial charge in [0.25, 0.3) is 0 Å². The Balaban J connectivity index is 2.25. The summed E-state index contributed by atoms with van der Waals surface area (Å²) in [5.74, 6) is -0.245. The lowest BCUT2D eigenvalue weighted by molar-refractivity contribution is -0.137. The van der Waals surface area contributed by atoms with Crippen molar-refractivity contribution in [2.24, 2.45) is 5.92 Å². The van der Waals surface area contributed by atoms with Crippen LogP contribution < -0.4 is 5.32 Å². The van der Waals surface area contributed by atoms with Gasteiger partial charge >= 0.3 is 5.97 Å². The van der Waals surface area contributed by atoms with Crippen LogP contribution in [0.3, 0.4) is 0 Å². The largest absolute Gasteiger partial charge is 0.481 e. The van der Waals surface area contributed by atoms with E-state index in [4.69, 9.17) is 5.11 Å². The fourth-order valence-corrected chi connectivity index (χ4v) is 2.22. The highest BCUT2D eigenvalue weighted by molar-refractivity contribution is 5.66. The van der Waals surface area contributed by atoms with Crippen molar-refractivity contribution in [1.29, 1.82) is 0 Å². The van der Waals surface area contributed by atoms with Crippen molar-refractivity contribution in [1.82, 2.24) is 5.32 Å². The molecular formula is C18H29NO2. The Kier molecular flexibility index (Phi) is 6.90. The van der Waals surface area contributed by atoms with E-state index in [1.165, 1.54) is 11.1 Å². The van der Waals surface area contributed by atoms with Crippen LogP contribution >= 0.6 is 0 Å². The van der Waals surface area contributed by atoms with Gasteiger partial charge in [0.05, 0.1) is 0 Å². The van der Waals surface area contributed by atoms with Gasteiger partial charge in [-0.3, -0.25) is 4.79 Å². The topological polar surface area (TPSA) is 49.3 Å². The second kappa shape index (κ2) is 8.18. The minimum absolute atomic E-state index is 0.200. The Morgan fingerprint density at radius 3 is 2.33 bits per heavy atom. The number of aliphatic carboxylic acids is 1. The molecule has 0 aliphatic rings. The molecule has 0 fully saturated rings. The highest BCUT2D eigenvalue weighted by Crippen LogP contribution is 2.22. The molecule has 0 aromatic heterocycles. The van der Waals surface area contributed by atoms with Crippen LogP contribution in [0.2, 0.25) is 0 Å². The third kappa shape index (κ3) is 7.28. The Morgan fingerprint density at radius 1 is 1.19 bits per heavy atom. The van der Waals surface area contributed by atoms with Gasteiger partial charge in [-0.1, -0.05) is 52.0 Å². The molecule has 0 aliphatic heterocycles. The smallest absolute Gasteiger partial charge is 0.303 e. The first-order chi connectivity index (χ1) is 9.79. The Labute approximate surface area is 128 Å². The first-order valence-electron chi connectivity index (χ1n) is 7.81. The van der Waals surface area contributed by atoms with Crippen molar-refractivity contribution in [2.45, 2.75) is 58.9 Å². The molecule has 3 nitrogen and oxygen atoms in total. The van der Waals surface area contributed by atoms with E-state index in [0.29, 0.717) is 5.92 Å². The number of benzene rings is 1. The van der Waals surface area contributed by atoms with Crippen molar-refractivity contribution in [3.63, 3.8) is 0 Å². The highest BCUT2D eigenvalue weighted by atomic mass is 16.4. The summed E-state index contributed by atoms with van der Waals surface area (Å²) in [6.07, 6.45) is 2.06. The zero-order valence-electron chi connectivity index (χ0n) is 13.8. The third-order valence-electron chi connectivity index (χ3n) is 3.81. The highest BCUT2D eigenvalue weighted by Gasteiger charge is 2.12. The molecule has 1 atom stereocenters. The molecule has 1 aromatic carbocycles. The van der Waals surface area contributed by atoms with Gasteiger partial charge in [-0.15, -0.1) is 0 Å². The first-order valence-corrected chi connectivity index (χ1v) is 7.81. The van der Waals surface area contributed by atoms with Crippen molar-refractivity contribution in [3.05, 3.63) is 35.4 Å². The number of hydrogen-bond acceptors (Lipinski definition) is 2. The maximum absolute atomic E-state index is 10.5. The van der Waals surface area contributed by atoms with Gasteiger partial charge in [-0.2, -0.15) is 0 Å². The summed E-state index contributed by atoms with van der Waals surface area (Å²) < 4.78 is 0. The standard InChI is InChI=1S/C18H29NO2/c1-14(5-10-17(20)21)11-12-19-13-15-6-8-16(9-7-15)18(2,3)4/h6-9,14,19H,5,10-13H2,1-4H3,(H,20,21). The van der Waals surface area contributed by atoms with Gasteiger partial charge in [0, 0.05) is 13.0 Å². The zero-order valence-corrected chi connectivity index (χ0v) is 13.8. The predicted octanol–water partition coefficient (Wildman–Crippen LogP) is 3.96. The van der Waals surface area contributed by atoms with Gasteiger partial charge < -0.3 is 10.4 Å². The maximum Gasteiger partial charge on any atom is 0.303 e. The van der Waals surface area contributed by atoms with Crippen LogP contribution in [-0.4, -0.2) is 17.6 Å². The average Bonchev–Trinajstić information content (AvgIpc) is 2.41. The normalized spacial score (nSPS) is 13.1. The lowest BCUT2D eigenvalue weighted by Crippen LogP contribution is -2.17. The Morgan fingerprint density at radius 2 is 1.81 bits per heavy atom. The summed E-state index contributed by atoms with van der Waals surface area (Å²) >= 11 is 0. The Hall–Kier alpha value is -1.35. The Bertz CT molecular complexity index is 432. The molecule has 0 radical (unpaired) electrons. The van der Waals surface area contributed by atoms with Gasteiger partial charge in [0.1, 0.15) is 0 Å². The second-order valence-electron chi connectivity index (χ2n) is 6.95. The van der Waals surface area contributed by atoms with E-state index < -0.39 is 5.97 Å². The van der Waals surface area contributed by atoms with Crippen LogP contribution in [0.5, 0.6) is 0 Å². The van der Waals surface area contributed by atoms with Crippen molar-refractivity contribution in [2.75, 3.05) is 6.54 Å². The number of carboxylic acid groups (broad SMARTS) is 1. The van der Waals surface area contributed by atoms with Gasteiger partial charge in [0.2, 0.25) is 0 Å². The predicted molar refractivity (Wildman–Crippen MR) is 87.5 cm³/mol. The fraction of sp³-hybridized carbons (Fsp3) is 0.611. The minimum Gasteiger partial charge on any atom is -0.481 e. The summed E-state index contributed by atoms with van der Waals surface area (Å²) in [6, 6.07) is 8.77. The third-order valence-corrected chi connectivity index (χ3v) is 3.81. The molecule has 1 unspecified atom stereocenters. The van der Waals surface area contributed by atoms with Gasteiger partial charge in [-0.05, 0) is 41.8 Å². The van der Waals surface area contributed by atoms with E-state index in [9.17, 15) is 4.79 Å². The monoisotopic (exact) mass is 291 g/mol. The van der Waals surface area contributed by atoms with E-state index in [2.05, 4.69) is 57.3 Å². The molecule has 0 heterocycles. The molecule has 0 amide bonds. The number of rotatable bonds is 8. The lowest BCUT2D eigenvalue weighted by Gasteiger charge is -2.19. The quantitative estimate of drug-likeness (QED) is 0.713. The van der Waals surface area contributed by atoms with Gasteiger partial charge in [-0.25, -0.2) is 0 Å². The molecule has 3 heteroatoms. The van der Waals surface area contributed by atoms with Crippen LogP contribution in [0, 0.1) is 5.92 Å². The summed E-state index contributed by atoms with van der Waals surface area (Å²) in [5.41, 5.74) is 2.85. The average molecular weight is 291 g/mol. The fourth-order valence-electron chi connectivity index (χ4n) is 2.22. The van der Waals surface area contributed by atoms with E-state index in [1.807, 2.05) is 0 Å². The minimum atomic E-state index is -0.700. The van der Waals surface area contributed by atoms with Crippen molar-refractivity contribution in [3.8, 4) is 0 Å². The van der Waals surface area contributed by atoms with E-state index >= 15 is 0 Å². The van der Waals surface area contributed by atoms with Crippen LogP contribution in [0.15, 0.2) is 24.3 Å². The van der Waals surface area contributed by atoms with Crippen molar-refractivity contribution >= 4 is 5.97 Å². The molecule has 0 spiro atoms. The molecule has 118 valence electrons. The molecule has 0 saturated carbocycles. The molecule has 0 aliphatic carbocycles. The number of hydrogen-bond donors (Lipinski definition) is 2. The van der Waals surface area contributed by atoms with Crippen LogP contribution in [-0.2, 0) is 16.8 Å². The SMILES string of the molecule is CC(CCNCc1ccc(C(C)(C)C)cc1)CCC(=O)O. The molecule has 1 rings (SSSR count). The number of nitrogens with one attached hydrogen (secondary N) is 1. The summed E-state index contributed by atoms with van der Waals surface area (Å²) in [5, 5.41) is 12.1.